The molecule has 0 spiro atoms. The zero-order chi connectivity index (χ0) is 14.6. The molecule has 1 aromatic carbocycles. The number of ether oxygens (including phenoxy) is 1. The molecule has 1 aliphatic rings. The maximum atomic E-state index is 10.7. The molecule has 2 rings (SSSR count). The Kier molecular flexibility index (Phi) is 3.11. The number of hydrogen-bond donors (Lipinski definition) is 1. The van der Waals surface area contributed by atoms with Gasteiger partial charge in [0.05, 0.1) is 0 Å². The zero-order valence-corrected chi connectivity index (χ0v) is 13.2. The Morgan fingerprint density at radius 1 is 1.26 bits per heavy atom. The number of hydrogen-bond acceptors (Lipinski definition) is 2. The summed E-state index contributed by atoms with van der Waals surface area (Å²) in [6, 6.07) is 2.03. The SMILES string of the molecule is CC(C)c1cc2c(c(C(C)(C)C)c1O)CC(C)(C)O2. The number of phenolic OH excluding ortho intramolecular Hbond substituents is 1. The van der Waals surface area contributed by atoms with E-state index in [1.165, 1.54) is 5.56 Å². The Hall–Kier alpha value is -1.18. The molecule has 1 heterocycles. The largest absolute Gasteiger partial charge is 0.507 e. The molecule has 0 saturated heterocycles. The summed E-state index contributed by atoms with van der Waals surface area (Å²) in [5.74, 6) is 1.71. The first-order chi connectivity index (χ1) is 8.53. The van der Waals surface area contributed by atoms with Gasteiger partial charge in [0.1, 0.15) is 17.1 Å². The van der Waals surface area contributed by atoms with Crippen molar-refractivity contribution in [2.45, 2.75) is 71.8 Å². The van der Waals surface area contributed by atoms with Gasteiger partial charge in [-0.2, -0.15) is 0 Å². The first-order valence-electron chi connectivity index (χ1n) is 7.11. The average Bonchev–Trinajstić information content (AvgIpc) is 2.47. The lowest BCUT2D eigenvalue weighted by atomic mass is 9.79. The summed E-state index contributed by atoms with van der Waals surface area (Å²) in [7, 11) is 0. The first kappa shape index (κ1) is 14.2. The summed E-state index contributed by atoms with van der Waals surface area (Å²) in [6.45, 7) is 14.9. The topological polar surface area (TPSA) is 29.5 Å². The molecule has 1 N–H and O–H groups in total. The lowest BCUT2D eigenvalue weighted by Crippen LogP contribution is -2.25. The fourth-order valence-electron chi connectivity index (χ4n) is 2.98. The summed E-state index contributed by atoms with van der Waals surface area (Å²) >= 11 is 0. The Morgan fingerprint density at radius 2 is 1.84 bits per heavy atom. The van der Waals surface area contributed by atoms with Crippen LogP contribution < -0.4 is 4.74 Å². The van der Waals surface area contributed by atoms with Crippen molar-refractivity contribution in [2.75, 3.05) is 0 Å². The maximum Gasteiger partial charge on any atom is 0.124 e. The fourth-order valence-corrected chi connectivity index (χ4v) is 2.98. The van der Waals surface area contributed by atoms with Gasteiger partial charge < -0.3 is 9.84 Å². The van der Waals surface area contributed by atoms with Gasteiger partial charge in [0.15, 0.2) is 0 Å². The van der Waals surface area contributed by atoms with E-state index in [-0.39, 0.29) is 11.0 Å². The molecule has 106 valence electrons. The third kappa shape index (κ3) is 2.45. The standard InChI is InChI=1S/C17H26O2/c1-10(2)11-8-13-12(9-17(6,7)19-13)14(15(11)18)16(3,4)5/h8,10,18H,9H2,1-7H3. The van der Waals surface area contributed by atoms with Crippen LogP contribution in [0.25, 0.3) is 0 Å². The summed E-state index contributed by atoms with van der Waals surface area (Å²) in [5, 5.41) is 10.7. The average molecular weight is 262 g/mol. The summed E-state index contributed by atoms with van der Waals surface area (Å²) in [4.78, 5) is 0. The smallest absolute Gasteiger partial charge is 0.124 e. The number of aromatic hydroxyl groups is 1. The second-order valence-corrected chi connectivity index (χ2v) is 7.61. The van der Waals surface area contributed by atoms with Gasteiger partial charge >= 0.3 is 0 Å². The van der Waals surface area contributed by atoms with Gasteiger partial charge in [-0.3, -0.25) is 0 Å². The van der Waals surface area contributed by atoms with Crippen molar-refractivity contribution >= 4 is 0 Å². The molecule has 0 bridgehead atoms. The molecule has 0 fully saturated rings. The third-order valence-corrected chi connectivity index (χ3v) is 3.76. The van der Waals surface area contributed by atoms with Crippen LogP contribution >= 0.6 is 0 Å². The third-order valence-electron chi connectivity index (χ3n) is 3.76. The molecule has 1 aliphatic heterocycles. The molecule has 0 aromatic heterocycles. The number of fused-ring (bicyclic) bond motifs is 1. The van der Waals surface area contributed by atoms with Gasteiger partial charge in [0, 0.05) is 23.1 Å². The van der Waals surface area contributed by atoms with Gasteiger partial charge in [0.2, 0.25) is 0 Å². The minimum absolute atomic E-state index is 0.0805. The van der Waals surface area contributed by atoms with E-state index >= 15 is 0 Å². The van der Waals surface area contributed by atoms with E-state index in [1.807, 2.05) is 6.07 Å². The van der Waals surface area contributed by atoms with Crippen LogP contribution in [0.2, 0.25) is 0 Å². The Morgan fingerprint density at radius 3 is 2.32 bits per heavy atom. The molecule has 1 aromatic rings. The van der Waals surface area contributed by atoms with Gasteiger partial charge in [-0.15, -0.1) is 0 Å². The van der Waals surface area contributed by atoms with Crippen molar-refractivity contribution in [3.8, 4) is 11.5 Å². The van der Waals surface area contributed by atoms with Crippen molar-refractivity contribution < 1.29 is 9.84 Å². The Balaban J connectivity index is 2.72. The summed E-state index contributed by atoms with van der Waals surface area (Å²) in [6.07, 6.45) is 0.862. The van der Waals surface area contributed by atoms with Crippen LogP contribution in [-0.2, 0) is 11.8 Å². The van der Waals surface area contributed by atoms with Crippen molar-refractivity contribution in [2.24, 2.45) is 0 Å². The van der Waals surface area contributed by atoms with E-state index < -0.39 is 0 Å². The van der Waals surface area contributed by atoms with Crippen LogP contribution in [0.1, 0.15) is 71.1 Å². The normalized spacial score (nSPS) is 17.5. The van der Waals surface area contributed by atoms with E-state index in [2.05, 4.69) is 48.5 Å². The first-order valence-corrected chi connectivity index (χ1v) is 7.11. The second-order valence-electron chi connectivity index (χ2n) is 7.61. The van der Waals surface area contributed by atoms with Gasteiger partial charge in [-0.1, -0.05) is 34.6 Å². The van der Waals surface area contributed by atoms with E-state index in [1.54, 1.807) is 0 Å². The highest BCUT2D eigenvalue weighted by molar-refractivity contribution is 5.58. The lowest BCUT2D eigenvalue weighted by molar-refractivity contribution is 0.138. The number of rotatable bonds is 1. The molecule has 0 amide bonds. The highest BCUT2D eigenvalue weighted by Crippen LogP contribution is 2.48. The minimum atomic E-state index is -0.176. The van der Waals surface area contributed by atoms with Crippen LogP contribution in [0.3, 0.4) is 0 Å². The van der Waals surface area contributed by atoms with Crippen molar-refractivity contribution in [3.05, 3.63) is 22.8 Å². The highest BCUT2D eigenvalue weighted by atomic mass is 16.5. The van der Waals surface area contributed by atoms with Gasteiger partial charge in [-0.05, 0) is 31.2 Å². The molecule has 19 heavy (non-hydrogen) atoms. The number of phenols is 1. The van der Waals surface area contributed by atoms with E-state index in [4.69, 9.17) is 4.74 Å². The van der Waals surface area contributed by atoms with Crippen LogP contribution in [0, 0.1) is 0 Å². The van der Waals surface area contributed by atoms with Crippen LogP contribution in [0.5, 0.6) is 11.5 Å². The molecule has 0 unspecified atom stereocenters. The van der Waals surface area contributed by atoms with E-state index in [9.17, 15) is 5.11 Å². The van der Waals surface area contributed by atoms with Gasteiger partial charge in [-0.25, -0.2) is 0 Å². The molecule has 0 radical (unpaired) electrons. The fraction of sp³-hybridized carbons (Fsp3) is 0.647. The molecule has 2 nitrogen and oxygen atoms in total. The predicted octanol–water partition coefficient (Wildman–Crippen LogP) is 4.53. The second kappa shape index (κ2) is 4.16. The number of benzene rings is 1. The quantitative estimate of drug-likeness (QED) is 0.806. The Labute approximate surface area is 116 Å². The molecule has 0 saturated carbocycles. The van der Waals surface area contributed by atoms with Crippen molar-refractivity contribution in [1.82, 2.24) is 0 Å². The minimum Gasteiger partial charge on any atom is -0.507 e. The summed E-state index contributed by atoms with van der Waals surface area (Å²) < 4.78 is 6.06. The highest BCUT2D eigenvalue weighted by Gasteiger charge is 2.37. The molecule has 0 aliphatic carbocycles. The van der Waals surface area contributed by atoms with E-state index in [0.29, 0.717) is 11.7 Å². The van der Waals surface area contributed by atoms with Crippen LogP contribution in [-0.4, -0.2) is 10.7 Å². The molecule has 2 heteroatoms. The van der Waals surface area contributed by atoms with Crippen LogP contribution in [0.15, 0.2) is 6.07 Å². The maximum absolute atomic E-state index is 10.7. The monoisotopic (exact) mass is 262 g/mol. The predicted molar refractivity (Wildman–Crippen MR) is 79.3 cm³/mol. The molecular weight excluding hydrogens is 236 g/mol. The summed E-state index contributed by atoms with van der Waals surface area (Å²) in [5.41, 5.74) is 2.97. The lowest BCUT2D eigenvalue weighted by Gasteiger charge is -2.26. The zero-order valence-electron chi connectivity index (χ0n) is 13.2. The molecular formula is C17H26O2. The van der Waals surface area contributed by atoms with Crippen molar-refractivity contribution in [1.29, 1.82) is 0 Å². The van der Waals surface area contributed by atoms with E-state index in [0.717, 1.165) is 23.3 Å². The van der Waals surface area contributed by atoms with Gasteiger partial charge in [0.25, 0.3) is 0 Å². The van der Waals surface area contributed by atoms with Crippen LogP contribution in [0.4, 0.5) is 0 Å². The molecule has 0 atom stereocenters. The van der Waals surface area contributed by atoms with Crippen molar-refractivity contribution in [3.63, 3.8) is 0 Å². The Bertz CT molecular complexity index is 505.